The number of hydrogen-bond acceptors (Lipinski definition) is 5. The average Bonchev–Trinajstić information content (AvgIpc) is 2.72. The molecule has 0 spiro atoms. The third kappa shape index (κ3) is 8.75. The van der Waals surface area contributed by atoms with Gasteiger partial charge in [0, 0.05) is 26.2 Å². The molecule has 20 heavy (non-hydrogen) atoms. The highest BCUT2D eigenvalue weighted by atomic mass is 16.6. The SMILES string of the molecule is C#CCOCCOC(=O)NCCCN1CCCOCC1. The van der Waals surface area contributed by atoms with Crippen LogP contribution in [0.4, 0.5) is 4.79 Å². The van der Waals surface area contributed by atoms with Crippen molar-refractivity contribution >= 4 is 6.09 Å². The minimum Gasteiger partial charge on any atom is -0.447 e. The summed E-state index contributed by atoms with van der Waals surface area (Å²) in [6.07, 6.45) is 6.59. The predicted molar refractivity (Wildman–Crippen MR) is 75.5 cm³/mol. The molecule has 1 heterocycles. The number of nitrogens with one attached hydrogen (secondary N) is 1. The quantitative estimate of drug-likeness (QED) is 0.519. The van der Waals surface area contributed by atoms with Crippen molar-refractivity contribution < 1.29 is 19.0 Å². The van der Waals surface area contributed by atoms with E-state index in [0.717, 1.165) is 45.7 Å². The van der Waals surface area contributed by atoms with E-state index in [4.69, 9.17) is 20.6 Å². The van der Waals surface area contributed by atoms with Gasteiger partial charge in [0.15, 0.2) is 0 Å². The Labute approximate surface area is 120 Å². The first-order valence-electron chi connectivity index (χ1n) is 7.05. The lowest BCUT2D eigenvalue weighted by molar-refractivity contribution is 0.0870. The maximum absolute atomic E-state index is 11.3. The van der Waals surface area contributed by atoms with Crippen LogP contribution >= 0.6 is 0 Å². The van der Waals surface area contributed by atoms with E-state index in [2.05, 4.69) is 16.1 Å². The molecule has 0 aromatic rings. The number of alkyl carbamates (subject to hydrolysis) is 1. The summed E-state index contributed by atoms with van der Waals surface area (Å²) >= 11 is 0. The van der Waals surface area contributed by atoms with Gasteiger partial charge >= 0.3 is 6.09 Å². The first-order valence-corrected chi connectivity index (χ1v) is 7.05. The van der Waals surface area contributed by atoms with E-state index in [1.54, 1.807) is 0 Å². The van der Waals surface area contributed by atoms with Crippen LogP contribution < -0.4 is 5.32 Å². The van der Waals surface area contributed by atoms with E-state index in [1.165, 1.54) is 0 Å². The Morgan fingerprint density at radius 3 is 3.10 bits per heavy atom. The molecule has 1 aliphatic heterocycles. The third-order valence-electron chi connectivity index (χ3n) is 2.88. The molecular weight excluding hydrogens is 260 g/mol. The molecule has 0 saturated carbocycles. The van der Waals surface area contributed by atoms with Crippen molar-refractivity contribution in [2.75, 3.05) is 59.2 Å². The molecule has 1 N–H and O–H groups in total. The zero-order valence-electron chi connectivity index (χ0n) is 11.9. The van der Waals surface area contributed by atoms with Gasteiger partial charge in [0.2, 0.25) is 0 Å². The molecule has 0 bridgehead atoms. The van der Waals surface area contributed by atoms with E-state index in [0.29, 0.717) is 13.2 Å². The topological polar surface area (TPSA) is 60.0 Å². The number of carbonyl (C=O) groups is 1. The molecule has 0 aliphatic carbocycles. The first-order chi connectivity index (χ1) is 9.83. The van der Waals surface area contributed by atoms with E-state index >= 15 is 0 Å². The van der Waals surface area contributed by atoms with Gasteiger partial charge in [0.05, 0.1) is 13.2 Å². The standard InChI is InChI=1S/C14H24N2O4/c1-2-9-18-12-13-20-14(17)15-5-3-6-16-7-4-10-19-11-8-16/h1H,3-13H2,(H,15,17). The second kappa shape index (κ2) is 11.5. The van der Waals surface area contributed by atoms with Crippen molar-refractivity contribution in [3.63, 3.8) is 0 Å². The molecule has 0 aromatic heterocycles. The van der Waals surface area contributed by atoms with Gasteiger partial charge in [-0.2, -0.15) is 0 Å². The van der Waals surface area contributed by atoms with Crippen LogP contribution in [0, 0.1) is 12.3 Å². The van der Waals surface area contributed by atoms with Crippen molar-refractivity contribution in [2.45, 2.75) is 12.8 Å². The molecule has 114 valence electrons. The van der Waals surface area contributed by atoms with Gasteiger partial charge in [-0.1, -0.05) is 5.92 Å². The number of hydrogen-bond donors (Lipinski definition) is 1. The van der Waals surface area contributed by atoms with E-state index in [1.807, 2.05) is 0 Å². The fourth-order valence-corrected chi connectivity index (χ4v) is 1.89. The monoisotopic (exact) mass is 284 g/mol. The van der Waals surface area contributed by atoms with Crippen LogP contribution in [0.5, 0.6) is 0 Å². The largest absolute Gasteiger partial charge is 0.447 e. The van der Waals surface area contributed by atoms with E-state index in [-0.39, 0.29) is 13.2 Å². The second-order valence-corrected chi connectivity index (χ2v) is 4.48. The molecule has 0 radical (unpaired) electrons. The summed E-state index contributed by atoms with van der Waals surface area (Å²) in [6.45, 7) is 6.05. The number of nitrogens with zero attached hydrogens (tertiary/aromatic N) is 1. The first kappa shape index (κ1) is 16.8. The number of rotatable bonds is 8. The van der Waals surface area contributed by atoms with Crippen LogP contribution in [-0.4, -0.2) is 70.2 Å². The molecule has 1 amide bonds. The summed E-state index contributed by atoms with van der Waals surface area (Å²) < 4.78 is 15.3. The summed E-state index contributed by atoms with van der Waals surface area (Å²) in [4.78, 5) is 13.7. The Hall–Kier alpha value is -1.29. The molecule has 6 heteroatoms. The average molecular weight is 284 g/mol. The number of carbonyl (C=O) groups excluding carboxylic acids is 1. The van der Waals surface area contributed by atoms with Gasteiger partial charge < -0.3 is 24.4 Å². The smallest absolute Gasteiger partial charge is 0.407 e. The van der Waals surface area contributed by atoms with Gasteiger partial charge in [-0.3, -0.25) is 0 Å². The molecule has 0 atom stereocenters. The van der Waals surface area contributed by atoms with Crippen LogP contribution in [0.3, 0.4) is 0 Å². The number of amides is 1. The van der Waals surface area contributed by atoms with Crippen LogP contribution in [-0.2, 0) is 14.2 Å². The molecule has 0 unspecified atom stereocenters. The molecule has 6 nitrogen and oxygen atoms in total. The zero-order valence-corrected chi connectivity index (χ0v) is 11.9. The summed E-state index contributed by atoms with van der Waals surface area (Å²) in [5.41, 5.74) is 0. The fourth-order valence-electron chi connectivity index (χ4n) is 1.89. The van der Waals surface area contributed by atoms with Crippen LogP contribution in [0.1, 0.15) is 12.8 Å². The Morgan fingerprint density at radius 1 is 1.35 bits per heavy atom. The summed E-state index contributed by atoms with van der Waals surface area (Å²) in [5, 5.41) is 2.71. The van der Waals surface area contributed by atoms with Gasteiger partial charge in [-0.15, -0.1) is 6.42 Å². The van der Waals surface area contributed by atoms with E-state index < -0.39 is 6.09 Å². The number of terminal acetylenes is 1. The summed E-state index contributed by atoms with van der Waals surface area (Å²) in [7, 11) is 0. The van der Waals surface area contributed by atoms with Crippen molar-refractivity contribution in [1.82, 2.24) is 10.2 Å². The lowest BCUT2D eigenvalue weighted by atomic mass is 10.3. The maximum Gasteiger partial charge on any atom is 0.407 e. The van der Waals surface area contributed by atoms with Crippen LogP contribution in [0.25, 0.3) is 0 Å². The maximum atomic E-state index is 11.3. The molecule has 1 saturated heterocycles. The highest BCUT2D eigenvalue weighted by Crippen LogP contribution is 1.99. The van der Waals surface area contributed by atoms with E-state index in [9.17, 15) is 4.79 Å². The highest BCUT2D eigenvalue weighted by molar-refractivity contribution is 5.66. The third-order valence-corrected chi connectivity index (χ3v) is 2.88. The highest BCUT2D eigenvalue weighted by Gasteiger charge is 2.08. The molecule has 1 aliphatic rings. The van der Waals surface area contributed by atoms with Gasteiger partial charge in [0.25, 0.3) is 0 Å². The summed E-state index contributed by atoms with van der Waals surface area (Å²) in [6, 6.07) is 0. The van der Waals surface area contributed by atoms with Gasteiger partial charge in [0.1, 0.15) is 13.2 Å². The zero-order chi connectivity index (χ0) is 14.5. The van der Waals surface area contributed by atoms with Crippen molar-refractivity contribution in [1.29, 1.82) is 0 Å². The minimum atomic E-state index is -0.409. The number of ether oxygens (including phenoxy) is 3. The fraction of sp³-hybridized carbons (Fsp3) is 0.786. The van der Waals surface area contributed by atoms with Crippen LogP contribution in [0.15, 0.2) is 0 Å². The second-order valence-electron chi connectivity index (χ2n) is 4.48. The van der Waals surface area contributed by atoms with Gasteiger partial charge in [-0.25, -0.2) is 4.79 Å². The Bertz CT molecular complexity index is 296. The van der Waals surface area contributed by atoms with Crippen molar-refractivity contribution in [3.05, 3.63) is 0 Å². The Balaban J connectivity index is 1.92. The molecular formula is C14H24N2O4. The lowest BCUT2D eigenvalue weighted by Crippen LogP contribution is -2.32. The van der Waals surface area contributed by atoms with Crippen molar-refractivity contribution in [2.24, 2.45) is 0 Å². The molecule has 1 rings (SSSR count). The molecule has 1 fully saturated rings. The lowest BCUT2D eigenvalue weighted by Gasteiger charge is -2.18. The summed E-state index contributed by atoms with van der Waals surface area (Å²) in [5.74, 6) is 2.34. The van der Waals surface area contributed by atoms with Crippen LogP contribution in [0.2, 0.25) is 0 Å². The minimum absolute atomic E-state index is 0.219. The van der Waals surface area contributed by atoms with Crippen molar-refractivity contribution in [3.8, 4) is 12.3 Å². The molecule has 0 aromatic carbocycles. The van der Waals surface area contributed by atoms with Gasteiger partial charge in [-0.05, 0) is 19.4 Å². The predicted octanol–water partition coefficient (Wildman–Crippen LogP) is 0.475. The normalized spacial score (nSPS) is 16.1. The Morgan fingerprint density at radius 2 is 2.25 bits per heavy atom. The Kier molecular flexibility index (Phi) is 9.66.